The number of hydrogen-bond acceptors (Lipinski definition) is 5. The maximum absolute atomic E-state index is 14.3. The van der Waals surface area contributed by atoms with Crippen molar-refractivity contribution in [3.8, 4) is 11.4 Å². The van der Waals surface area contributed by atoms with Crippen LogP contribution in [0.15, 0.2) is 24.5 Å². The minimum absolute atomic E-state index is 0.250. The Hall–Kier alpha value is -2.24. The van der Waals surface area contributed by atoms with Crippen LogP contribution in [-0.4, -0.2) is 27.5 Å². The van der Waals surface area contributed by atoms with E-state index in [4.69, 9.17) is 0 Å². The molecule has 5 nitrogen and oxygen atoms in total. The summed E-state index contributed by atoms with van der Waals surface area (Å²) in [4.78, 5) is 12.8. The van der Waals surface area contributed by atoms with Crippen LogP contribution in [0.25, 0.3) is 11.4 Å². The summed E-state index contributed by atoms with van der Waals surface area (Å²) >= 11 is 0. The Bertz CT molecular complexity index is 769. The summed E-state index contributed by atoms with van der Waals surface area (Å²) in [5.41, 5.74) is 2.13. The fourth-order valence-electron chi connectivity index (χ4n) is 3.42. The van der Waals surface area contributed by atoms with Crippen molar-refractivity contribution in [2.75, 3.05) is 17.2 Å². The molecule has 138 valence electrons. The van der Waals surface area contributed by atoms with E-state index in [2.05, 4.69) is 32.5 Å². The molecule has 0 aliphatic heterocycles. The van der Waals surface area contributed by atoms with Crippen molar-refractivity contribution in [2.45, 2.75) is 57.9 Å². The van der Waals surface area contributed by atoms with E-state index in [0.717, 1.165) is 25.1 Å². The summed E-state index contributed by atoms with van der Waals surface area (Å²) in [5, 5.41) is 6.79. The smallest absolute Gasteiger partial charge is 0.223 e. The van der Waals surface area contributed by atoms with Gasteiger partial charge in [-0.15, -0.1) is 0 Å². The van der Waals surface area contributed by atoms with Crippen LogP contribution in [0.4, 0.5) is 16.0 Å². The first-order valence-corrected chi connectivity index (χ1v) is 9.61. The summed E-state index contributed by atoms with van der Waals surface area (Å²) in [6.45, 7) is 3.20. The van der Waals surface area contributed by atoms with Crippen molar-refractivity contribution in [3.05, 3.63) is 30.3 Å². The van der Waals surface area contributed by atoms with E-state index < -0.39 is 5.82 Å². The quantitative estimate of drug-likeness (QED) is 0.791. The van der Waals surface area contributed by atoms with Crippen LogP contribution in [-0.2, 0) is 0 Å². The predicted molar refractivity (Wildman–Crippen MR) is 102 cm³/mol. The van der Waals surface area contributed by atoms with Gasteiger partial charge in [-0.05, 0) is 43.2 Å². The second-order valence-corrected chi connectivity index (χ2v) is 7.96. The van der Waals surface area contributed by atoms with Gasteiger partial charge in [0, 0.05) is 24.5 Å². The van der Waals surface area contributed by atoms with Crippen LogP contribution in [0.2, 0.25) is 0 Å². The molecule has 2 aliphatic rings. The third kappa shape index (κ3) is 4.11. The van der Waals surface area contributed by atoms with E-state index in [1.807, 2.05) is 12.1 Å². The third-order valence-electron chi connectivity index (χ3n) is 5.51. The molecule has 0 atom stereocenters. The molecular weight excluding hydrogens is 329 g/mol. The van der Waals surface area contributed by atoms with Crippen LogP contribution >= 0.6 is 0 Å². The Balaban J connectivity index is 1.51. The predicted octanol–water partition coefficient (Wildman–Crippen LogP) is 4.63. The monoisotopic (exact) mass is 355 g/mol. The first-order chi connectivity index (χ1) is 12.6. The van der Waals surface area contributed by atoms with Crippen LogP contribution < -0.4 is 10.6 Å². The lowest BCUT2D eigenvalue weighted by Gasteiger charge is -2.22. The van der Waals surface area contributed by atoms with E-state index in [1.165, 1.54) is 38.3 Å². The molecule has 0 unspecified atom stereocenters. The lowest BCUT2D eigenvalue weighted by atomic mass is 9.96. The summed E-state index contributed by atoms with van der Waals surface area (Å²) in [6.07, 6.45) is 11.4. The van der Waals surface area contributed by atoms with Crippen molar-refractivity contribution in [3.63, 3.8) is 0 Å². The maximum Gasteiger partial charge on any atom is 0.223 e. The third-order valence-corrected chi connectivity index (χ3v) is 5.51. The average molecular weight is 355 g/mol. The molecule has 0 amide bonds. The lowest BCUT2D eigenvalue weighted by Crippen LogP contribution is -2.23. The molecule has 0 saturated heterocycles. The van der Waals surface area contributed by atoms with Gasteiger partial charge in [0.25, 0.3) is 0 Å². The number of pyridine rings is 1. The summed E-state index contributed by atoms with van der Waals surface area (Å²) in [7, 11) is 0. The van der Waals surface area contributed by atoms with Crippen LogP contribution in [0.1, 0.15) is 51.9 Å². The molecule has 26 heavy (non-hydrogen) atoms. The second kappa shape index (κ2) is 7.17. The van der Waals surface area contributed by atoms with Gasteiger partial charge in [-0.2, -0.15) is 0 Å². The van der Waals surface area contributed by atoms with Crippen LogP contribution in [0.5, 0.6) is 0 Å². The molecule has 6 heteroatoms. The minimum Gasteiger partial charge on any atom is -0.384 e. The molecule has 2 aromatic rings. The molecule has 2 N–H and O–H groups in total. The molecule has 2 fully saturated rings. The van der Waals surface area contributed by atoms with Crippen LogP contribution in [0, 0.1) is 11.2 Å². The highest BCUT2D eigenvalue weighted by molar-refractivity contribution is 5.62. The molecule has 0 spiro atoms. The largest absolute Gasteiger partial charge is 0.384 e. The highest BCUT2D eigenvalue weighted by Crippen LogP contribution is 2.44. The standard InChI is InChI=1S/C20H26FN5/c1-20(8-9-20)13-24-15-7-10-22-17(11-15)18-16(21)12-23-19(26-18)25-14-5-3-2-4-6-14/h7,10-12,14H,2-6,8-9,13H2,1H3,(H,22,24)(H,23,25,26). The highest BCUT2D eigenvalue weighted by Gasteiger charge is 2.36. The van der Waals surface area contributed by atoms with Gasteiger partial charge in [0.15, 0.2) is 5.82 Å². The lowest BCUT2D eigenvalue weighted by molar-refractivity contribution is 0.460. The van der Waals surface area contributed by atoms with Gasteiger partial charge >= 0.3 is 0 Å². The van der Waals surface area contributed by atoms with Crippen molar-refractivity contribution in [1.82, 2.24) is 15.0 Å². The van der Waals surface area contributed by atoms with E-state index in [0.29, 0.717) is 23.1 Å². The summed E-state index contributed by atoms with van der Waals surface area (Å²) < 4.78 is 14.3. The van der Waals surface area contributed by atoms with Gasteiger partial charge in [-0.25, -0.2) is 14.4 Å². The topological polar surface area (TPSA) is 62.7 Å². The van der Waals surface area contributed by atoms with Gasteiger partial charge in [0.05, 0.1) is 11.9 Å². The Morgan fingerprint density at radius 2 is 2.00 bits per heavy atom. The zero-order valence-electron chi connectivity index (χ0n) is 15.3. The number of halogens is 1. The zero-order chi connectivity index (χ0) is 18.0. The highest BCUT2D eigenvalue weighted by atomic mass is 19.1. The summed E-state index contributed by atoms with van der Waals surface area (Å²) in [5.74, 6) is 0.0388. The Morgan fingerprint density at radius 3 is 2.77 bits per heavy atom. The SMILES string of the molecule is CC1(CNc2ccnc(-c3nc(NC4CCCCC4)ncc3F)c2)CC1. The molecule has 2 saturated carbocycles. The molecule has 4 rings (SSSR count). The first kappa shape index (κ1) is 17.2. The summed E-state index contributed by atoms with van der Waals surface area (Å²) in [6, 6.07) is 4.15. The number of hydrogen-bond donors (Lipinski definition) is 2. The Kier molecular flexibility index (Phi) is 4.74. The number of aromatic nitrogens is 3. The molecule has 0 aromatic carbocycles. The van der Waals surface area contributed by atoms with Gasteiger partial charge in [0.2, 0.25) is 5.95 Å². The van der Waals surface area contributed by atoms with E-state index in [1.54, 1.807) is 6.20 Å². The number of nitrogens with zero attached hydrogens (tertiary/aromatic N) is 3. The number of anilines is 2. The Labute approximate surface area is 153 Å². The second-order valence-electron chi connectivity index (χ2n) is 7.96. The van der Waals surface area contributed by atoms with Crippen LogP contribution in [0.3, 0.4) is 0 Å². The van der Waals surface area contributed by atoms with E-state index in [-0.39, 0.29) is 5.69 Å². The molecule has 2 heterocycles. The van der Waals surface area contributed by atoms with Crippen molar-refractivity contribution < 1.29 is 4.39 Å². The number of nitrogens with one attached hydrogen (secondary N) is 2. The van der Waals surface area contributed by atoms with Gasteiger partial charge < -0.3 is 10.6 Å². The van der Waals surface area contributed by atoms with E-state index in [9.17, 15) is 4.39 Å². The maximum atomic E-state index is 14.3. The van der Waals surface area contributed by atoms with Crippen molar-refractivity contribution in [1.29, 1.82) is 0 Å². The number of rotatable bonds is 6. The molecule has 2 aliphatic carbocycles. The first-order valence-electron chi connectivity index (χ1n) is 9.61. The molecule has 0 radical (unpaired) electrons. The average Bonchev–Trinajstić information content (AvgIpc) is 3.41. The molecular formula is C20H26FN5. The van der Waals surface area contributed by atoms with Gasteiger partial charge in [-0.3, -0.25) is 4.98 Å². The van der Waals surface area contributed by atoms with Crippen molar-refractivity contribution in [2.24, 2.45) is 5.41 Å². The van der Waals surface area contributed by atoms with Crippen molar-refractivity contribution >= 4 is 11.6 Å². The minimum atomic E-state index is -0.446. The zero-order valence-corrected chi connectivity index (χ0v) is 15.3. The van der Waals surface area contributed by atoms with Gasteiger partial charge in [0.1, 0.15) is 5.69 Å². The molecule has 2 aromatic heterocycles. The fourth-order valence-corrected chi connectivity index (χ4v) is 3.42. The normalized spacial score (nSPS) is 19.2. The molecule has 0 bridgehead atoms. The van der Waals surface area contributed by atoms with Gasteiger partial charge in [-0.1, -0.05) is 26.2 Å². The fraction of sp³-hybridized carbons (Fsp3) is 0.550. The van der Waals surface area contributed by atoms with E-state index >= 15 is 0 Å². The Morgan fingerprint density at radius 1 is 1.19 bits per heavy atom.